The summed E-state index contributed by atoms with van der Waals surface area (Å²) in [4.78, 5) is 4.28. The number of hydrogen-bond donors (Lipinski definition) is 2. The summed E-state index contributed by atoms with van der Waals surface area (Å²) in [6, 6.07) is 12.2. The van der Waals surface area contributed by atoms with Gasteiger partial charge in [0, 0.05) is 32.5 Å². The maximum Gasteiger partial charge on any atom is 0.191 e. The summed E-state index contributed by atoms with van der Waals surface area (Å²) in [6.07, 6.45) is 3.56. The summed E-state index contributed by atoms with van der Waals surface area (Å²) in [5.41, 5.74) is 1.28. The molecular weight excluding hydrogens is 290 g/mol. The highest BCUT2D eigenvalue weighted by Gasteiger charge is 2.20. The third-order valence-corrected chi connectivity index (χ3v) is 4.07. The van der Waals surface area contributed by atoms with Gasteiger partial charge in [0.05, 0.1) is 12.9 Å². The first kappa shape index (κ1) is 15.5. The minimum Gasteiger partial charge on any atom is -0.493 e. The highest BCUT2D eigenvalue weighted by atomic mass is 16.5. The zero-order valence-corrected chi connectivity index (χ0v) is 13.4. The zero-order valence-electron chi connectivity index (χ0n) is 13.4. The number of para-hydroxylation sites is 1. The van der Waals surface area contributed by atoms with Crippen LogP contribution in [0.3, 0.4) is 0 Å². The van der Waals surface area contributed by atoms with Crippen LogP contribution in [0.5, 0.6) is 5.75 Å². The van der Waals surface area contributed by atoms with Crippen molar-refractivity contribution in [2.24, 2.45) is 4.99 Å². The van der Waals surface area contributed by atoms with Gasteiger partial charge in [0.2, 0.25) is 0 Å². The zero-order chi connectivity index (χ0) is 15.9. The molecule has 23 heavy (non-hydrogen) atoms. The molecule has 1 unspecified atom stereocenters. The minimum atomic E-state index is 0.448. The van der Waals surface area contributed by atoms with E-state index in [2.05, 4.69) is 27.8 Å². The molecule has 1 aliphatic rings. The van der Waals surface area contributed by atoms with Crippen LogP contribution in [-0.4, -0.2) is 32.7 Å². The van der Waals surface area contributed by atoms with Gasteiger partial charge in [-0.25, -0.2) is 0 Å². The number of fused-ring (bicyclic) bond motifs is 1. The highest BCUT2D eigenvalue weighted by Crippen LogP contribution is 2.32. The Bertz CT molecular complexity index is 637. The van der Waals surface area contributed by atoms with E-state index in [4.69, 9.17) is 9.15 Å². The second-order valence-electron chi connectivity index (χ2n) is 5.58. The lowest BCUT2D eigenvalue weighted by atomic mass is 9.93. The first-order chi connectivity index (χ1) is 11.4. The van der Waals surface area contributed by atoms with Crippen LogP contribution < -0.4 is 15.4 Å². The van der Waals surface area contributed by atoms with Crippen molar-refractivity contribution >= 4 is 5.96 Å². The number of rotatable bonds is 5. The predicted octanol–water partition coefficient (Wildman–Crippen LogP) is 2.55. The number of nitrogens with zero attached hydrogens (tertiary/aromatic N) is 1. The van der Waals surface area contributed by atoms with Crippen LogP contribution >= 0.6 is 0 Å². The van der Waals surface area contributed by atoms with Crippen molar-refractivity contribution in [3.63, 3.8) is 0 Å². The third-order valence-electron chi connectivity index (χ3n) is 4.07. The fraction of sp³-hybridized carbons (Fsp3) is 0.389. The van der Waals surface area contributed by atoms with Crippen molar-refractivity contribution in [2.75, 3.05) is 26.7 Å². The van der Waals surface area contributed by atoms with E-state index in [1.807, 2.05) is 24.3 Å². The van der Waals surface area contributed by atoms with Gasteiger partial charge < -0.3 is 19.8 Å². The van der Waals surface area contributed by atoms with Crippen LogP contribution in [0, 0.1) is 0 Å². The third kappa shape index (κ3) is 4.06. The Labute approximate surface area is 136 Å². The lowest BCUT2D eigenvalue weighted by Crippen LogP contribution is -2.40. The lowest BCUT2D eigenvalue weighted by Gasteiger charge is -2.26. The molecule has 122 valence electrons. The molecule has 0 bridgehead atoms. The molecule has 1 aromatic carbocycles. The molecule has 0 spiro atoms. The number of guanidine groups is 1. The van der Waals surface area contributed by atoms with Gasteiger partial charge in [-0.3, -0.25) is 4.99 Å². The van der Waals surface area contributed by atoms with Gasteiger partial charge in [0.15, 0.2) is 5.96 Å². The molecule has 5 heteroatoms. The molecule has 2 heterocycles. The molecule has 0 fully saturated rings. The number of furan rings is 1. The molecule has 5 nitrogen and oxygen atoms in total. The molecule has 0 radical (unpaired) electrons. The Balaban J connectivity index is 1.49. The number of ether oxygens (including phenoxy) is 1. The van der Waals surface area contributed by atoms with E-state index in [1.54, 1.807) is 13.3 Å². The molecule has 2 N–H and O–H groups in total. The van der Waals surface area contributed by atoms with E-state index in [9.17, 15) is 0 Å². The topological polar surface area (TPSA) is 58.8 Å². The Morgan fingerprint density at radius 3 is 2.96 bits per heavy atom. The number of nitrogens with one attached hydrogen (secondary N) is 2. The Morgan fingerprint density at radius 2 is 2.13 bits per heavy atom. The van der Waals surface area contributed by atoms with E-state index in [0.29, 0.717) is 5.92 Å². The van der Waals surface area contributed by atoms with E-state index < -0.39 is 0 Å². The highest BCUT2D eigenvalue weighted by molar-refractivity contribution is 5.79. The first-order valence-corrected chi connectivity index (χ1v) is 8.05. The van der Waals surface area contributed by atoms with Crippen molar-refractivity contribution in [3.05, 3.63) is 54.0 Å². The maximum atomic E-state index is 5.71. The fourth-order valence-corrected chi connectivity index (χ4v) is 2.83. The molecule has 0 saturated carbocycles. The van der Waals surface area contributed by atoms with Crippen molar-refractivity contribution in [2.45, 2.75) is 18.8 Å². The minimum absolute atomic E-state index is 0.448. The van der Waals surface area contributed by atoms with Crippen molar-refractivity contribution < 1.29 is 9.15 Å². The Hall–Kier alpha value is -2.43. The molecule has 0 amide bonds. The monoisotopic (exact) mass is 313 g/mol. The summed E-state index contributed by atoms with van der Waals surface area (Å²) in [7, 11) is 1.79. The van der Waals surface area contributed by atoms with E-state index in [0.717, 1.165) is 50.0 Å². The molecule has 3 rings (SSSR count). The summed E-state index contributed by atoms with van der Waals surface area (Å²) in [6.45, 7) is 2.41. The number of benzene rings is 1. The number of aliphatic imine (C=N–C) groups is 1. The van der Waals surface area contributed by atoms with E-state index in [-0.39, 0.29) is 0 Å². The van der Waals surface area contributed by atoms with Gasteiger partial charge in [-0.2, -0.15) is 0 Å². The van der Waals surface area contributed by atoms with E-state index >= 15 is 0 Å². The van der Waals surface area contributed by atoms with Gasteiger partial charge in [-0.05, 0) is 30.2 Å². The standard InChI is InChI=1S/C18H23N3O2/c1-19-18(20-10-8-15-5-4-11-22-15)21-13-14-9-12-23-17-7-3-2-6-16(14)17/h2-7,11,14H,8-10,12-13H2,1H3,(H2,19,20,21). The first-order valence-electron chi connectivity index (χ1n) is 8.05. The second kappa shape index (κ2) is 7.72. The van der Waals surface area contributed by atoms with Crippen LogP contribution in [0.1, 0.15) is 23.7 Å². The normalized spacial score (nSPS) is 17.3. The lowest BCUT2D eigenvalue weighted by molar-refractivity contribution is 0.267. The van der Waals surface area contributed by atoms with Crippen molar-refractivity contribution in [1.29, 1.82) is 0 Å². The maximum absolute atomic E-state index is 5.71. The fourth-order valence-electron chi connectivity index (χ4n) is 2.83. The average molecular weight is 313 g/mol. The predicted molar refractivity (Wildman–Crippen MR) is 91.1 cm³/mol. The summed E-state index contributed by atoms with van der Waals surface area (Å²) in [5, 5.41) is 6.73. The largest absolute Gasteiger partial charge is 0.493 e. The Morgan fingerprint density at radius 1 is 1.22 bits per heavy atom. The van der Waals surface area contributed by atoms with Crippen molar-refractivity contribution in [3.8, 4) is 5.75 Å². The smallest absolute Gasteiger partial charge is 0.191 e. The molecule has 1 aromatic heterocycles. The SMILES string of the molecule is CN=C(NCCc1ccco1)NCC1CCOc2ccccc21. The van der Waals surface area contributed by atoms with Crippen LogP contribution in [0.2, 0.25) is 0 Å². The van der Waals surface area contributed by atoms with Gasteiger partial charge in [-0.1, -0.05) is 18.2 Å². The van der Waals surface area contributed by atoms with Crippen molar-refractivity contribution in [1.82, 2.24) is 10.6 Å². The molecule has 1 aliphatic heterocycles. The van der Waals surface area contributed by atoms with Crippen LogP contribution in [0.25, 0.3) is 0 Å². The molecule has 0 aliphatic carbocycles. The molecule has 1 atom stereocenters. The average Bonchev–Trinajstić information content (AvgIpc) is 3.11. The second-order valence-corrected chi connectivity index (χ2v) is 5.58. The summed E-state index contributed by atoms with van der Waals surface area (Å²) < 4.78 is 11.0. The summed E-state index contributed by atoms with van der Waals surface area (Å²) >= 11 is 0. The van der Waals surface area contributed by atoms with Crippen LogP contribution in [0.15, 0.2) is 52.1 Å². The molecule has 0 saturated heterocycles. The van der Waals surface area contributed by atoms with Gasteiger partial charge >= 0.3 is 0 Å². The molecule has 2 aromatic rings. The Kier molecular flexibility index (Phi) is 5.19. The van der Waals surface area contributed by atoms with Gasteiger partial charge in [0.25, 0.3) is 0 Å². The van der Waals surface area contributed by atoms with Crippen LogP contribution in [-0.2, 0) is 6.42 Å². The molecular formula is C18H23N3O2. The summed E-state index contributed by atoms with van der Waals surface area (Å²) in [5.74, 6) is 3.25. The van der Waals surface area contributed by atoms with Gasteiger partial charge in [0.1, 0.15) is 11.5 Å². The van der Waals surface area contributed by atoms with E-state index in [1.165, 1.54) is 5.56 Å². The quantitative estimate of drug-likeness (QED) is 0.658. The van der Waals surface area contributed by atoms with Gasteiger partial charge in [-0.15, -0.1) is 0 Å². The number of hydrogen-bond acceptors (Lipinski definition) is 3. The van der Waals surface area contributed by atoms with Crippen LogP contribution in [0.4, 0.5) is 0 Å².